The van der Waals surface area contributed by atoms with Crippen molar-refractivity contribution < 1.29 is 5.48 Å². The minimum atomic E-state index is -0.113. The Labute approximate surface area is 200 Å². The molecule has 1 atom stereocenters. The molecule has 0 saturated heterocycles. The number of aromatic amines is 1. The van der Waals surface area contributed by atoms with E-state index in [1.54, 1.807) is 17.8 Å². The Kier molecular flexibility index (Phi) is 6.70. The molecule has 0 aliphatic carbocycles. The molecule has 0 aliphatic rings. The number of imidazole rings is 1. The maximum atomic E-state index is 12.3. The molecule has 5 rings (SSSR count). The Morgan fingerprint density at radius 3 is 2.42 bits per heavy atom. The van der Waals surface area contributed by atoms with Crippen LogP contribution in [0.1, 0.15) is 17.2 Å². The van der Waals surface area contributed by atoms with E-state index in [-0.39, 0.29) is 17.1 Å². The molecule has 0 radical (unpaired) electrons. The number of rotatable bonds is 5. The van der Waals surface area contributed by atoms with Gasteiger partial charge in [-0.2, -0.15) is 0 Å². The van der Waals surface area contributed by atoms with Crippen LogP contribution in [0, 0.1) is 0 Å². The van der Waals surface area contributed by atoms with Crippen molar-refractivity contribution in [3.8, 4) is 11.1 Å². The summed E-state index contributed by atoms with van der Waals surface area (Å²) >= 11 is 7.78. The molecule has 0 saturated carbocycles. The minimum absolute atomic E-state index is 0. The summed E-state index contributed by atoms with van der Waals surface area (Å²) in [6.07, 6.45) is 5.85. The molecule has 3 N–H and O–H groups in total. The third kappa shape index (κ3) is 4.46. The fourth-order valence-electron chi connectivity index (χ4n) is 4.11. The Hall–Kier alpha value is -3.32. The lowest BCUT2D eigenvalue weighted by molar-refractivity contribution is 0.616. The summed E-state index contributed by atoms with van der Waals surface area (Å²) in [4.78, 5) is 19.8. The van der Waals surface area contributed by atoms with Crippen molar-refractivity contribution in [1.82, 2.24) is 14.5 Å². The molecular weight excluding hydrogens is 454 g/mol. The third-order valence-electron chi connectivity index (χ3n) is 5.55. The van der Waals surface area contributed by atoms with Gasteiger partial charge in [-0.05, 0) is 52.8 Å². The van der Waals surface area contributed by atoms with Gasteiger partial charge in [-0.3, -0.25) is 4.79 Å². The first-order valence-electron chi connectivity index (χ1n) is 10.2. The molecule has 0 amide bonds. The zero-order valence-electron chi connectivity index (χ0n) is 17.8. The fraction of sp³-hybridized carbons (Fsp3) is 0.0769. The lowest BCUT2D eigenvalue weighted by Crippen LogP contribution is -2.13. The zero-order chi connectivity index (χ0) is 22.1. The Bertz CT molecular complexity index is 1450. The molecule has 1 unspecified atom stereocenters. The number of thioether (sulfide) groups is 1. The number of halogens is 1. The molecular formula is C26H22ClN3O2S. The van der Waals surface area contributed by atoms with Crippen LogP contribution in [-0.2, 0) is 0 Å². The number of aromatic nitrogens is 3. The van der Waals surface area contributed by atoms with Crippen LogP contribution in [0.4, 0.5) is 0 Å². The van der Waals surface area contributed by atoms with Crippen LogP contribution >= 0.6 is 23.4 Å². The normalized spacial score (nSPS) is 11.8. The summed E-state index contributed by atoms with van der Waals surface area (Å²) in [5.41, 5.74) is 4.82. The van der Waals surface area contributed by atoms with Gasteiger partial charge in [0.05, 0.1) is 6.04 Å². The van der Waals surface area contributed by atoms with E-state index in [1.807, 2.05) is 79.3 Å². The van der Waals surface area contributed by atoms with Gasteiger partial charge in [0, 0.05) is 34.4 Å². The number of pyridine rings is 1. The van der Waals surface area contributed by atoms with Gasteiger partial charge in [-0.1, -0.05) is 71.9 Å². The van der Waals surface area contributed by atoms with Crippen LogP contribution in [-0.4, -0.2) is 26.3 Å². The van der Waals surface area contributed by atoms with Crippen molar-refractivity contribution in [3.63, 3.8) is 0 Å². The lowest BCUT2D eigenvalue weighted by atomic mass is 9.94. The van der Waals surface area contributed by atoms with Crippen molar-refractivity contribution in [3.05, 3.63) is 118 Å². The molecule has 0 fully saturated rings. The van der Waals surface area contributed by atoms with Gasteiger partial charge in [-0.25, -0.2) is 4.98 Å². The van der Waals surface area contributed by atoms with E-state index in [2.05, 4.69) is 26.7 Å². The maximum absolute atomic E-state index is 12.3. The summed E-state index contributed by atoms with van der Waals surface area (Å²) in [6.45, 7) is 0. The van der Waals surface area contributed by atoms with Crippen molar-refractivity contribution >= 4 is 34.3 Å². The molecule has 5 aromatic rings. The summed E-state index contributed by atoms with van der Waals surface area (Å²) < 4.78 is 2.17. The predicted octanol–water partition coefficient (Wildman–Crippen LogP) is 5.58. The van der Waals surface area contributed by atoms with Crippen molar-refractivity contribution in [2.24, 2.45) is 0 Å². The second-order valence-electron chi connectivity index (χ2n) is 7.49. The number of hydrogen-bond acceptors (Lipinski definition) is 3. The van der Waals surface area contributed by atoms with E-state index in [0.717, 1.165) is 38.3 Å². The maximum Gasteiger partial charge on any atom is 0.249 e. The number of nitrogens with one attached hydrogen (secondary N) is 1. The van der Waals surface area contributed by atoms with Gasteiger partial charge < -0.3 is 15.0 Å². The van der Waals surface area contributed by atoms with Crippen molar-refractivity contribution in [2.45, 2.75) is 11.2 Å². The smallest absolute Gasteiger partial charge is 0.249 e. The van der Waals surface area contributed by atoms with Gasteiger partial charge in [0.1, 0.15) is 0 Å². The number of benzene rings is 3. The van der Waals surface area contributed by atoms with Gasteiger partial charge in [0.2, 0.25) is 5.56 Å². The quantitative estimate of drug-likeness (QED) is 0.337. The number of H-pyrrole nitrogens is 1. The fourth-order valence-corrected chi connectivity index (χ4v) is 4.78. The Balaban J connectivity index is 0.00000259. The molecule has 2 heterocycles. The van der Waals surface area contributed by atoms with Gasteiger partial charge in [0.25, 0.3) is 0 Å². The van der Waals surface area contributed by atoms with Gasteiger partial charge in [-0.15, -0.1) is 0 Å². The summed E-state index contributed by atoms with van der Waals surface area (Å²) in [6, 6.07) is 25.7. The summed E-state index contributed by atoms with van der Waals surface area (Å²) in [7, 11) is 0. The Morgan fingerprint density at radius 1 is 0.970 bits per heavy atom. The predicted molar refractivity (Wildman–Crippen MR) is 136 cm³/mol. The highest BCUT2D eigenvalue weighted by Crippen LogP contribution is 2.34. The van der Waals surface area contributed by atoms with Gasteiger partial charge in [0.15, 0.2) is 5.16 Å². The van der Waals surface area contributed by atoms with Crippen molar-refractivity contribution in [1.29, 1.82) is 0 Å². The average Bonchev–Trinajstić information content (AvgIpc) is 3.29. The number of nitrogens with zero attached hydrogens (tertiary/aromatic N) is 2. The number of fused-ring (bicyclic) bond motifs is 1. The lowest BCUT2D eigenvalue weighted by Gasteiger charge is -2.22. The third-order valence-corrected chi connectivity index (χ3v) is 6.48. The standard InChI is InChI=1S/C26H20ClN3OS.H2O/c1-32-26-28-13-14-30(26)25(18-7-10-20(27)11-8-18)19-9-12-23-22(15-19)21(16-24(31)29-23)17-5-3-2-4-6-17;/h2-16,25H,1H3,(H,29,31);1H2. The highest BCUT2D eigenvalue weighted by molar-refractivity contribution is 7.98. The van der Waals surface area contributed by atoms with Crippen LogP contribution < -0.4 is 5.56 Å². The highest BCUT2D eigenvalue weighted by atomic mass is 35.5. The van der Waals surface area contributed by atoms with Gasteiger partial charge >= 0.3 is 0 Å². The van der Waals surface area contributed by atoms with Crippen molar-refractivity contribution in [2.75, 3.05) is 6.26 Å². The highest BCUT2D eigenvalue weighted by Gasteiger charge is 2.20. The van der Waals surface area contributed by atoms with E-state index in [1.165, 1.54) is 0 Å². The van der Waals surface area contributed by atoms with Crippen LogP contribution in [0.3, 0.4) is 0 Å². The van der Waals surface area contributed by atoms with E-state index >= 15 is 0 Å². The minimum Gasteiger partial charge on any atom is -0.412 e. The number of hydrogen-bond donors (Lipinski definition) is 1. The first-order chi connectivity index (χ1) is 15.6. The molecule has 33 heavy (non-hydrogen) atoms. The molecule has 5 nitrogen and oxygen atoms in total. The second-order valence-corrected chi connectivity index (χ2v) is 8.70. The molecule has 2 aromatic heterocycles. The molecule has 166 valence electrons. The van der Waals surface area contributed by atoms with E-state index in [0.29, 0.717) is 5.02 Å². The SMILES string of the molecule is CSc1nccn1C(c1ccc(Cl)cc1)c1ccc2[nH]c(=O)cc(-c3ccccc3)c2c1.O. The second kappa shape index (κ2) is 9.67. The van der Waals surface area contributed by atoms with Crippen LogP contribution in [0.2, 0.25) is 5.02 Å². The zero-order valence-corrected chi connectivity index (χ0v) is 19.4. The topological polar surface area (TPSA) is 82.2 Å². The first-order valence-corrected chi connectivity index (χ1v) is 11.8. The summed E-state index contributed by atoms with van der Waals surface area (Å²) in [5, 5.41) is 2.62. The molecule has 0 bridgehead atoms. The van der Waals surface area contributed by atoms with E-state index in [4.69, 9.17) is 11.6 Å². The van der Waals surface area contributed by atoms with Crippen LogP contribution in [0.5, 0.6) is 0 Å². The van der Waals surface area contributed by atoms with Crippen LogP contribution in [0.15, 0.2) is 101 Å². The Morgan fingerprint density at radius 2 is 1.70 bits per heavy atom. The average molecular weight is 476 g/mol. The van der Waals surface area contributed by atoms with E-state index in [9.17, 15) is 4.79 Å². The monoisotopic (exact) mass is 475 g/mol. The molecule has 7 heteroatoms. The molecule has 0 aliphatic heterocycles. The molecule has 0 spiro atoms. The van der Waals surface area contributed by atoms with Crippen LogP contribution in [0.25, 0.3) is 22.0 Å². The molecule has 3 aromatic carbocycles. The largest absolute Gasteiger partial charge is 0.412 e. The van der Waals surface area contributed by atoms with E-state index < -0.39 is 0 Å². The summed E-state index contributed by atoms with van der Waals surface area (Å²) in [5.74, 6) is 0. The first kappa shape index (κ1) is 22.9.